The predicted molar refractivity (Wildman–Crippen MR) is 57.7 cm³/mol. The molecule has 1 saturated heterocycles. The number of nitrogens with two attached hydrogens (primary N) is 1. The van der Waals surface area contributed by atoms with Crippen molar-refractivity contribution in [3.63, 3.8) is 0 Å². The molecular weight excluding hydrogens is 194 g/mol. The van der Waals surface area contributed by atoms with E-state index in [4.69, 9.17) is 10.9 Å². The van der Waals surface area contributed by atoms with Crippen LogP contribution in [0.3, 0.4) is 0 Å². The minimum atomic E-state index is -0.174. The summed E-state index contributed by atoms with van der Waals surface area (Å²) in [4.78, 5) is 13.7. The van der Waals surface area contributed by atoms with Gasteiger partial charge in [-0.2, -0.15) is 0 Å². The molecule has 1 aliphatic heterocycles. The fraction of sp³-hybridized carbons (Fsp3) is 0.900. The maximum absolute atomic E-state index is 11.6. The Morgan fingerprint density at radius 1 is 1.67 bits per heavy atom. The summed E-state index contributed by atoms with van der Waals surface area (Å²) in [7, 11) is 0. The van der Waals surface area contributed by atoms with E-state index in [0.29, 0.717) is 5.92 Å². The average molecular weight is 215 g/mol. The van der Waals surface area contributed by atoms with Gasteiger partial charge in [0, 0.05) is 13.2 Å². The third-order valence-electron chi connectivity index (χ3n) is 3.01. The maximum Gasteiger partial charge on any atom is 0.251 e. The van der Waals surface area contributed by atoms with E-state index in [-0.39, 0.29) is 24.5 Å². The molecule has 0 radical (unpaired) electrons. The summed E-state index contributed by atoms with van der Waals surface area (Å²) in [6.07, 6.45) is 0.956. The van der Waals surface area contributed by atoms with Gasteiger partial charge in [0.25, 0.3) is 5.91 Å². The molecule has 15 heavy (non-hydrogen) atoms. The molecule has 1 aliphatic rings. The molecule has 0 bridgehead atoms. The van der Waals surface area contributed by atoms with Crippen molar-refractivity contribution < 1.29 is 9.90 Å². The lowest BCUT2D eigenvalue weighted by Crippen LogP contribution is -2.51. The normalized spacial score (nSPS) is 24.5. The number of nitrogens with one attached hydrogen (secondary N) is 1. The van der Waals surface area contributed by atoms with Crippen LogP contribution in [0, 0.1) is 11.8 Å². The molecule has 5 heteroatoms. The highest BCUT2D eigenvalue weighted by atomic mass is 16.3. The van der Waals surface area contributed by atoms with E-state index < -0.39 is 0 Å². The Kier molecular flexibility index (Phi) is 4.50. The van der Waals surface area contributed by atoms with Crippen molar-refractivity contribution in [2.45, 2.75) is 26.3 Å². The Labute approximate surface area is 90.6 Å². The zero-order valence-electron chi connectivity index (χ0n) is 9.44. The number of likely N-dealkylation sites (tertiary alicyclic amines) is 1. The number of amides is 1. The standard InChI is InChI=1S/C10H21N3O2/c1-7(2)9(10(15)12-11)13-4-3-8(5-13)6-14/h7-9,14H,3-6,11H2,1-2H3,(H,12,15). The van der Waals surface area contributed by atoms with E-state index >= 15 is 0 Å². The molecule has 0 spiro atoms. The zero-order chi connectivity index (χ0) is 11.4. The third kappa shape index (κ3) is 2.90. The molecular formula is C10H21N3O2. The summed E-state index contributed by atoms with van der Waals surface area (Å²) in [5, 5.41) is 9.05. The lowest BCUT2D eigenvalue weighted by molar-refractivity contribution is -0.127. The van der Waals surface area contributed by atoms with Crippen LogP contribution >= 0.6 is 0 Å². The van der Waals surface area contributed by atoms with Crippen LogP contribution in [0.2, 0.25) is 0 Å². The molecule has 0 aromatic carbocycles. The second-order valence-corrected chi connectivity index (χ2v) is 4.53. The van der Waals surface area contributed by atoms with Crippen molar-refractivity contribution in [3.8, 4) is 0 Å². The molecule has 4 N–H and O–H groups in total. The molecule has 0 saturated carbocycles. The number of carbonyl (C=O) groups is 1. The molecule has 2 unspecified atom stereocenters. The molecule has 5 nitrogen and oxygen atoms in total. The van der Waals surface area contributed by atoms with E-state index in [1.54, 1.807) is 0 Å². The second kappa shape index (κ2) is 5.44. The first-order valence-electron chi connectivity index (χ1n) is 5.45. The van der Waals surface area contributed by atoms with E-state index in [9.17, 15) is 4.79 Å². The summed E-state index contributed by atoms with van der Waals surface area (Å²) < 4.78 is 0. The topological polar surface area (TPSA) is 78.6 Å². The fourth-order valence-corrected chi connectivity index (χ4v) is 2.24. The smallest absolute Gasteiger partial charge is 0.251 e. The van der Waals surface area contributed by atoms with Gasteiger partial charge in [-0.3, -0.25) is 15.1 Å². The Morgan fingerprint density at radius 2 is 2.33 bits per heavy atom. The van der Waals surface area contributed by atoms with Crippen LogP contribution in [-0.2, 0) is 4.79 Å². The molecule has 88 valence electrons. The van der Waals surface area contributed by atoms with Gasteiger partial charge in [0.05, 0.1) is 6.04 Å². The number of hydrazine groups is 1. The lowest BCUT2D eigenvalue weighted by Gasteiger charge is -2.29. The van der Waals surface area contributed by atoms with E-state index in [2.05, 4.69) is 10.3 Å². The van der Waals surface area contributed by atoms with Crippen LogP contribution in [-0.4, -0.2) is 41.7 Å². The zero-order valence-corrected chi connectivity index (χ0v) is 9.44. The highest BCUT2D eigenvalue weighted by molar-refractivity contribution is 5.81. The van der Waals surface area contributed by atoms with Gasteiger partial charge in [0.2, 0.25) is 0 Å². The largest absolute Gasteiger partial charge is 0.396 e. The van der Waals surface area contributed by atoms with Crippen LogP contribution < -0.4 is 11.3 Å². The van der Waals surface area contributed by atoms with E-state index in [1.165, 1.54) is 0 Å². The van der Waals surface area contributed by atoms with E-state index in [0.717, 1.165) is 19.5 Å². The minimum Gasteiger partial charge on any atom is -0.396 e. The number of aliphatic hydroxyl groups excluding tert-OH is 1. The van der Waals surface area contributed by atoms with Gasteiger partial charge in [-0.25, -0.2) is 5.84 Å². The first-order valence-corrected chi connectivity index (χ1v) is 5.45. The van der Waals surface area contributed by atoms with Gasteiger partial charge < -0.3 is 5.11 Å². The quantitative estimate of drug-likeness (QED) is 0.330. The van der Waals surface area contributed by atoms with Gasteiger partial charge >= 0.3 is 0 Å². The van der Waals surface area contributed by atoms with Crippen molar-refractivity contribution in [1.82, 2.24) is 10.3 Å². The number of carbonyl (C=O) groups excluding carboxylic acids is 1. The number of rotatable bonds is 4. The first-order chi connectivity index (χ1) is 7.10. The van der Waals surface area contributed by atoms with Crippen molar-refractivity contribution >= 4 is 5.91 Å². The Balaban J connectivity index is 2.61. The minimum absolute atomic E-state index is 0.136. The Bertz CT molecular complexity index is 221. The van der Waals surface area contributed by atoms with Crippen LogP contribution in [0.15, 0.2) is 0 Å². The molecule has 1 fully saturated rings. The van der Waals surface area contributed by atoms with Gasteiger partial charge in [-0.05, 0) is 24.8 Å². The summed E-state index contributed by atoms with van der Waals surface area (Å²) in [6, 6.07) is -0.174. The summed E-state index contributed by atoms with van der Waals surface area (Å²) >= 11 is 0. The van der Waals surface area contributed by atoms with Gasteiger partial charge in [-0.15, -0.1) is 0 Å². The molecule has 0 aliphatic carbocycles. The molecule has 2 atom stereocenters. The van der Waals surface area contributed by atoms with Gasteiger partial charge in [0.15, 0.2) is 0 Å². The monoisotopic (exact) mass is 215 g/mol. The van der Waals surface area contributed by atoms with Crippen molar-refractivity contribution in [2.24, 2.45) is 17.7 Å². The molecule has 0 aromatic rings. The van der Waals surface area contributed by atoms with E-state index in [1.807, 2.05) is 13.8 Å². The SMILES string of the molecule is CC(C)C(C(=O)NN)N1CCC(CO)C1. The van der Waals surface area contributed by atoms with Crippen molar-refractivity contribution in [3.05, 3.63) is 0 Å². The molecule has 1 amide bonds. The molecule has 0 aromatic heterocycles. The highest BCUT2D eigenvalue weighted by Crippen LogP contribution is 2.21. The summed E-state index contributed by atoms with van der Waals surface area (Å²) in [6.45, 7) is 5.86. The lowest BCUT2D eigenvalue weighted by atomic mass is 10.0. The van der Waals surface area contributed by atoms with Crippen molar-refractivity contribution in [1.29, 1.82) is 0 Å². The molecule has 1 heterocycles. The third-order valence-corrected chi connectivity index (χ3v) is 3.01. The highest BCUT2D eigenvalue weighted by Gasteiger charge is 2.33. The van der Waals surface area contributed by atoms with Gasteiger partial charge in [0.1, 0.15) is 0 Å². The molecule has 1 rings (SSSR count). The van der Waals surface area contributed by atoms with Gasteiger partial charge in [-0.1, -0.05) is 13.8 Å². The van der Waals surface area contributed by atoms with Crippen LogP contribution in [0.5, 0.6) is 0 Å². The van der Waals surface area contributed by atoms with Crippen LogP contribution in [0.4, 0.5) is 0 Å². The predicted octanol–water partition coefficient (Wildman–Crippen LogP) is -0.685. The average Bonchev–Trinajstić information content (AvgIpc) is 2.65. The number of hydrogen-bond acceptors (Lipinski definition) is 4. The number of hydrogen-bond donors (Lipinski definition) is 3. The summed E-state index contributed by atoms with van der Waals surface area (Å²) in [5.74, 6) is 5.56. The van der Waals surface area contributed by atoms with Crippen molar-refractivity contribution in [2.75, 3.05) is 19.7 Å². The van der Waals surface area contributed by atoms with Crippen LogP contribution in [0.25, 0.3) is 0 Å². The second-order valence-electron chi connectivity index (χ2n) is 4.53. The number of aliphatic hydroxyl groups is 1. The maximum atomic E-state index is 11.6. The summed E-state index contributed by atoms with van der Waals surface area (Å²) in [5.41, 5.74) is 2.21. The Morgan fingerprint density at radius 3 is 2.73 bits per heavy atom. The first kappa shape index (κ1) is 12.4. The van der Waals surface area contributed by atoms with Crippen LogP contribution in [0.1, 0.15) is 20.3 Å². The fourth-order valence-electron chi connectivity index (χ4n) is 2.24. The Hall–Kier alpha value is -0.650. The number of nitrogens with zero attached hydrogens (tertiary/aromatic N) is 1.